The maximum absolute atomic E-state index is 13.5. The maximum atomic E-state index is 13.5. The van der Waals surface area contributed by atoms with Crippen molar-refractivity contribution in [1.82, 2.24) is 9.38 Å². The van der Waals surface area contributed by atoms with Crippen LogP contribution in [0.1, 0.15) is 23.1 Å². The molecule has 2 heterocycles. The number of carbonyl (C=O) groups excluding carboxylic acids is 1. The first-order valence-corrected chi connectivity index (χ1v) is 8.16. The van der Waals surface area contributed by atoms with E-state index < -0.39 is 11.7 Å². The number of hydrogen-bond donors (Lipinski definition) is 1. The Balaban J connectivity index is 2.06. The summed E-state index contributed by atoms with van der Waals surface area (Å²) in [6.45, 7) is 1.86. The number of hydrogen-bond acceptors (Lipinski definition) is 2. The van der Waals surface area contributed by atoms with Crippen LogP contribution in [0, 0.1) is 5.82 Å². The second-order valence-corrected chi connectivity index (χ2v) is 6.26. The lowest BCUT2D eigenvalue weighted by atomic mass is 10.2. The quantitative estimate of drug-likeness (QED) is 0.625. The smallest absolute Gasteiger partial charge is 0.274 e. The molecule has 0 atom stereocenters. The number of pyridine rings is 1. The second kappa shape index (κ2) is 6.59. The normalized spacial score (nSPS) is 11.0. The number of benzene rings is 1. The number of rotatable bonds is 3. The number of fused-ring (bicyclic) bond motifs is 1. The minimum Gasteiger partial charge on any atom is -0.319 e. The molecule has 24 heavy (non-hydrogen) atoms. The van der Waals surface area contributed by atoms with Gasteiger partial charge in [-0.05, 0) is 30.7 Å². The summed E-state index contributed by atoms with van der Waals surface area (Å²) < 4.78 is 15.0. The van der Waals surface area contributed by atoms with Gasteiger partial charge >= 0.3 is 0 Å². The Morgan fingerprint density at radius 3 is 2.62 bits per heavy atom. The third-order valence-corrected chi connectivity index (χ3v) is 4.50. The number of nitrogens with one attached hydrogen (secondary N) is 1. The highest BCUT2D eigenvalue weighted by Crippen LogP contribution is 2.32. The van der Waals surface area contributed by atoms with E-state index in [1.165, 1.54) is 34.9 Å². The first-order chi connectivity index (χ1) is 11.4. The summed E-state index contributed by atoms with van der Waals surface area (Å²) in [5.74, 6) is -0.936. The van der Waals surface area contributed by atoms with Crippen molar-refractivity contribution in [2.45, 2.75) is 13.3 Å². The molecule has 2 aromatic heterocycles. The summed E-state index contributed by atoms with van der Waals surface area (Å²) in [7, 11) is 0. The van der Waals surface area contributed by atoms with E-state index in [9.17, 15) is 9.18 Å². The molecule has 0 aliphatic rings. The van der Waals surface area contributed by atoms with Gasteiger partial charge in [-0.25, -0.2) is 9.37 Å². The van der Waals surface area contributed by atoms with Crippen LogP contribution in [0.5, 0.6) is 0 Å². The minimum atomic E-state index is -0.468. The standard InChI is InChI=1S/C16H11Cl3FN3O/c1-2-12-15(23-7-8(20)3-4-14(23)21-12)16(24)22-13-6-10(18)9(17)5-11(13)19/h3-7H,2H2,1H3,(H,22,24). The predicted molar refractivity (Wildman–Crippen MR) is 94.0 cm³/mol. The molecule has 124 valence electrons. The van der Waals surface area contributed by atoms with Crippen molar-refractivity contribution in [3.63, 3.8) is 0 Å². The van der Waals surface area contributed by atoms with Gasteiger partial charge in [0.05, 0.1) is 26.4 Å². The average molecular weight is 387 g/mol. The highest BCUT2D eigenvalue weighted by molar-refractivity contribution is 6.44. The largest absolute Gasteiger partial charge is 0.319 e. The van der Waals surface area contributed by atoms with Crippen molar-refractivity contribution in [3.8, 4) is 0 Å². The lowest BCUT2D eigenvalue weighted by Crippen LogP contribution is -2.16. The first-order valence-electron chi connectivity index (χ1n) is 7.03. The zero-order valence-electron chi connectivity index (χ0n) is 12.4. The molecule has 0 saturated heterocycles. The number of nitrogens with zero attached hydrogens (tertiary/aromatic N) is 2. The number of carbonyl (C=O) groups is 1. The van der Waals surface area contributed by atoms with Gasteiger partial charge < -0.3 is 5.32 Å². The molecule has 0 spiro atoms. The minimum absolute atomic E-state index is 0.245. The third kappa shape index (κ3) is 3.07. The van der Waals surface area contributed by atoms with Gasteiger partial charge in [0, 0.05) is 6.20 Å². The van der Waals surface area contributed by atoms with Crippen LogP contribution >= 0.6 is 34.8 Å². The van der Waals surface area contributed by atoms with E-state index in [2.05, 4.69) is 10.3 Å². The molecule has 0 radical (unpaired) electrons. The Labute approximate surface area is 152 Å². The van der Waals surface area contributed by atoms with Gasteiger partial charge in [-0.1, -0.05) is 41.7 Å². The van der Waals surface area contributed by atoms with E-state index in [-0.39, 0.29) is 20.8 Å². The van der Waals surface area contributed by atoms with Crippen LogP contribution in [-0.4, -0.2) is 15.3 Å². The van der Waals surface area contributed by atoms with Crippen LogP contribution in [0.2, 0.25) is 15.1 Å². The number of halogens is 4. The third-order valence-electron chi connectivity index (χ3n) is 3.46. The summed E-state index contributed by atoms with van der Waals surface area (Å²) in [6.07, 6.45) is 1.73. The molecule has 3 aromatic rings. The Kier molecular flexibility index (Phi) is 4.67. The van der Waals surface area contributed by atoms with Crippen LogP contribution in [0.15, 0.2) is 30.5 Å². The van der Waals surface area contributed by atoms with Gasteiger partial charge in [-0.3, -0.25) is 9.20 Å². The van der Waals surface area contributed by atoms with Crippen molar-refractivity contribution in [2.75, 3.05) is 5.32 Å². The Hall–Kier alpha value is -1.82. The molecule has 0 aliphatic carbocycles. The zero-order valence-corrected chi connectivity index (χ0v) is 14.7. The summed E-state index contributed by atoms with van der Waals surface area (Å²) in [5.41, 5.74) is 1.59. The molecule has 8 heteroatoms. The topological polar surface area (TPSA) is 46.4 Å². The average Bonchev–Trinajstić information content (AvgIpc) is 2.90. The molecule has 1 amide bonds. The van der Waals surface area contributed by atoms with Crippen LogP contribution < -0.4 is 5.32 Å². The van der Waals surface area contributed by atoms with Crippen molar-refractivity contribution >= 4 is 52.0 Å². The molecule has 0 bridgehead atoms. The molecular weight excluding hydrogens is 376 g/mol. The van der Waals surface area contributed by atoms with Gasteiger partial charge in [0.15, 0.2) is 0 Å². The molecule has 1 N–H and O–H groups in total. The van der Waals surface area contributed by atoms with Crippen LogP contribution in [0.4, 0.5) is 10.1 Å². The van der Waals surface area contributed by atoms with Crippen molar-refractivity contribution < 1.29 is 9.18 Å². The van der Waals surface area contributed by atoms with E-state index in [0.717, 1.165) is 0 Å². The fourth-order valence-corrected chi connectivity index (χ4v) is 2.95. The molecule has 4 nitrogen and oxygen atoms in total. The highest BCUT2D eigenvalue weighted by Gasteiger charge is 2.20. The fraction of sp³-hybridized carbons (Fsp3) is 0.125. The van der Waals surface area contributed by atoms with Crippen LogP contribution in [-0.2, 0) is 6.42 Å². The van der Waals surface area contributed by atoms with Crippen molar-refractivity contribution in [3.05, 3.63) is 62.7 Å². The molecular formula is C16H11Cl3FN3O. The van der Waals surface area contributed by atoms with Gasteiger partial charge in [0.25, 0.3) is 5.91 Å². The Morgan fingerprint density at radius 2 is 1.92 bits per heavy atom. The predicted octanol–water partition coefficient (Wildman–Crippen LogP) is 5.25. The number of aryl methyl sites for hydroxylation is 1. The van der Waals surface area contributed by atoms with Gasteiger partial charge in [0.2, 0.25) is 0 Å². The zero-order chi connectivity index (χ0) is 17.4. The SMILES string of the molecule is CCc1nc2ccc(F)cn2c1C(=O)Nc1cc(Cl)c(Cl)cc1Cl. The fourth-order valence-electron chi connectivity index (χ4n) is 2.35. The summed E-state index contributed by atoms with van der Waals surface area (Å²) in [4.78, 5) is 17.0. The van der Waals surface area contributed by atoms with Gasteiger partial charge in [0.1, 0.15) is 17.2 Å². The monoisotopic (exact) mass is 385 g/mol. The molecule has 0 aliphatic heterocycles. The molecule has 0 fully saturated rings. The maximum Gasteiger partial charge on any atom is 0.274 e. The Bertz CT molecular complexity index is 955. The van der Waals surface area contributed by atoms with Gasteiger partial charge in [-0.2, -0.15) is 0 Å². The highest BCUT2D eigenvalue weighted by atomic mass is 35.5. The number of aromatic nitrogens is 2. The lowest BCUT2D eigenvalue weighted by Gasteiger charge is -2.09. The summed E-state index contributed by atoms with van der Waals surface area (Å²) >= 11 is 17.9. The van der Waals surface area contributed by atoms with Crippen molar-refractivity contribution in [2.24, 2.45) is 0 Å². The number of anilines is 1. The van der Waals surface area contributed by atoms with Crippen LogP contribution in [0.3, 0.4) is 0 Å². The molecule has 3 rings (SSSR count). The van der Waals surface area contributed by atoms with E-state index in [1.807, 2.05) is 6.92 Å². The van der Waals surface area contributed by atoms with E-state index in [4.69, 9.17) is 34.8 Å². The van der Waals surface area contributed by atoms with E-state index >= 15 is 0 Å². The second-order valence-electron chi connectivity index (χ2n) is 5.04. The summed E-state index contributed by atoms with van der Waals surface area (Å²) in [5, 5.41) is 3.46. The van der Waals surface area contributed by atoms with Crippen LogP contribution in [0.25, 0.3) is 5.65 Å². The van der Waals surface area contributed by atoms with Crippen molar-refractivity contribution in [1.29, 1.82) is 0 Å². The molecule has 0 saturated carbocycles. The van der Waals surface area contributed by atoms with Gasteiger partial charge in [-0.15, -0.1) is 0 Å². The lowest BCUT2D eigenvalue weighted by molar-refractivity contribution is 0.102. The number of imidazole rings is 1. The molecule has 0 unspecified atom stereocenters. The van der Waals surface area contributed by atoms with E-state index in [0.29, 0.717) is 23.4 Å². The molecule has 1 aromatic carbocycles. The summed E-state index contributed by atoms with van der Waals surface area (Å²) in [6, 6.07) is 5.70. The Morgan fingerprint density at radius 1 is 1.21 bits per heavy atom. The number of amides is 1. The first kappa shape index (κ1) is 17.0. The van der Waals surface area contributed by atoms with E-state index in [1.54, 1.807) is 0 Å².